The van der Waals surface area contributed by atoms with Crippen LogP contribution in [0.25, 0.3) is 0 Å². The quantitative estimate of drug-likeness (QED) is 0.779. The summed E-state index contributed by atoms with van der Waals surface area (Å²) in [5.41, 5.74) is 6.71. The van der Waals surface area contributed by atoms with Crippen LogP contribution in [0.3, 0.4) is 0 Å². The lowest BCUT2D eigenvalue weighted by atomic mass is 10.1. The van der Waals surface area contributed by atoms with Gasteiger partial charge in [0, 0.05) is 24.7 Å². The fourth-order valence-electron chi connectivity index (χ4n) is 2.12. The highest BCUT2D eigenvalue weighted by Crippen LogP contribution is 2.12. The Morgan fingerprint density at radius 1 is 1.25 bits per heavy atom. The van der Waals surface area contributed by atoms with Crippen LogP contribution < -0.4 is 5.73 Å². The first-order chi connectivity index (χ1) is 7.77. The van der Waals surface area contributed by atoms with E-state index in [1.165, 1.54) is 0 Å². The topological polar surface area (TPSA) is 46.3 Å². The molecular formula is C13H18N2O. The van der Waals surface area contributed by atoms with Crippen molar-refractivity contribution in [1.82, 2.24) is 4.90 Å². The Balaban J connectivity index is 2.09. The monoisotopic (exact) mass is 218 g/mol. The number of hydrogen-bond donors (Lipinski definition) is 1. The van der Waals surface area contributed by atoms with E-state index in [9.17, 15) is 4.79 Å². The molecule has 2 rings (SSSR count). The molecule has 1 aliphatic rings. The number of benzene rings is 1. The number of carbonyl (C=O) groups excluding carboxylic acids is 1. The second-order valence-electron chi connectivity index (χ2n) is 4.37. The summed E-state index contributed by atoms with van der Waals surface area (Å²) in [5.74, 6) is 0.109. The molecule has 1 unspecified atom stereocenters. The van der Waals surface area contributed by atoms with Crippen LogP contribution in [0.5, 0.6) is 0 Å². The molecule has 86 valence electrons. The first-order valence-electron chi connectivity index (χ1n) is 5.87. The Hall–Kier alpha value is -1.35. The van der Waals surface area contributed by atoms with Crippen LogP contribution >= 0.6 is 0 Å². The summed E-state index contributed by atoms with van der Waals surface area (Å²) in [4.78, 5) is 14.1. The predicted molar refractivity (Wildman–Crippen MR) is 64.2 cm³/mol. The first kappa shape index (κ1) is 11.1. The molecule has 1 amide bonds. The molecule has 1 aromatic rings. The van der Waals surface area contributed by atoms with Gasteiger partial charge in [-0.3, -0.25) is 4.79 Å². The molecule has 1 aromatic carbocycles. The van der Waals surface area contributed by atoms with Crippen LogP contribution in [-0.2, 0) is 0 Å². The van der Waals surface area contributed by atoms with Gasteiger partial charge in [0.05, 0.1) is 0 Å². The largest absolute Gasteiger partial charge is 0.337 e. The Labute approximate surface area is 96.2 Å². The molecule has 1 aliphatic heterocycles. The Morgan fingerprint density at radius 2 is 2.00 bits per heavy atom. The smallest absolute Gasteiger partial charge is 0.253 e. The van der Waals surface area contributed by atoms with Gasteiger partial charge in [-0.1, -0.05) is 24.6 Å². The SMILES string of the molecule is NC1CCCCN(C(=O)c2ccccc2)C1. The molecule has 0 radical (unpaired) electrons. The lowest BCUT2D eigenvalue weighted by Gasteiger charge is -2.22. The predicted octanol–water partition coefficient (Wildman–Crippen LogP) is 1.64. The zero-order chi connectivity index (χ0) is 11.4. The second-order valence-corrected chi connectivity index (χ2v) is 4.37. The van der Waals surface area contributed by atoms with Crippen molar-refractivity contribution in [1.29, 1.82) is 0 Å². The third-order valence-corrected chi connectivity index (χ3v) is 3.02. The molecule has 1 saturated heterocycles. The highest BCUT2D eigenvalue weighted by molar-refractivity contribution is 5.94. The van der Waals surface area contributed by atoms with Gasteiger partial charge < -0.3 is 10.6 Å². The van der Waals surface area contributed by atoms with Gasteiger partial charge in [-0.25, -0.2) is 0 Å². The van der Waals surface area contributed by atoms with Gasteiger partial charge in [0.25, 0.3) is 5.91 Å². The minimum absolute atomic E-state index is 0.109. The molecule has 0 saturated carbocycles. The van der Waals surface area contributed by atoms with Crippen molar-refractivity contribution in [3.8, 4) is 0 Å². The third kappa shape index (κ3) is 2.61. The summed E-state index contributed by atoms with van der Waals surface area (Å²) in [6.07, 6.45) is 3.21. The van der Waals surface area contributed by atoms with E-state index in [-0.39, 0.29) is 11.9 Å². The first-order valence-corrected chi connectivity index (χ1v) is 5.87. The summed E-state index contributed by atoms with van der Waals surface area (Å²) in [6, 6.07) is 9.56. The van der Waals surface area contributed by atoms with Crippen LogP contribution in [0.1, 0.15) is 29.6 Å². The van der Waals surface area contributed by atoms with E-state index in [0.29, 0.717) is 6.54 Å². The summed E-state index contributed by atoms with van der Waals surface area (Å²) in [5, 5.41) is 0. The number of nitrogens with zero attached hydrogens (tertiary/aromatic N) is 1. The van der Waals surface area contributed by atoms with Crippen LogP contribution in [0.15, 0.2) is 30.3 Å². The molecule has 3 heteroatoms. The maximum atomic E-state index is 12.2. The van der Waals surface area contributed by atoms with Crippen LogP contribution in [0.4, 0.5) is 0 Å². The molecule has 1 fully saturated rings. The van der Waals surface area contributed by atoms with Gasteiger partial charge in [0.1, 0.15) is 0 Å². The number of carbonyl (C=O) groups is 1. The molecule has 1 atom stereocenters. The summed E-state index contributed by atoms with van der Waals surface area (Å²) in [6.45, 7) is 1.52. The van der Waals surface area contributed by atoms with E-state index in [1.54, 1.807) is 0 Å². The summed E-state index contributed by atoms with van der Waals surface area (Å²) >= 11 is 0. The van der Waals surface area contributed by atoms with Crippen molar-refractivity contribution in [3.63, 3.8) is 0 Å². The van der Waals surface area contributed by atoms with Gasteiger partial charge in [-0.2, -0.15) is 0 Å². The molecule has 2 N–H and O–H groups in total. The fourth-order valence-corrected chi connectivity index (χ4v) is 2.12. The molecule has 0 aliphatic carbocycles. The maximum Gasteiger partial charge on any atom is 0.253 e. The average molecular weight is 218 g/mol. The van der Waals surface area contributed by atoms with Crippen LogP contribution in [0, 0.1) is 0 Å². The van der Waals surface area contributed by atoms with E-state index in [1.807, 2.05) is 35.2 Å². The van der Waals surface area contributed by atoms with E-state index in [2.05, 4.69) is 0 Å². The van der Waals surface area contributed by atoms with E-state index < -0.39 is 0 Å². The van der Waals surface area contributed by atoms with Gasteiger partial charge in [0.2, 0.25) is 0 Å². The van der Waals surface area contributed by atoms with Gasteiger partial charge in [0.15, 0.2) is 0 Å². The van der Waals surface area contributed by atoms with Crippen molar-refractivity contribution in [2.24, 2.45) is 5.73 Å². The number of rotatable bonds is 1. The molecule has 16 heavy (non-hydrogen) atoms. The van der Waals surface area contributed by atoms with Crippen molar-refractivity contribution in [2.45, 2.75) is 25.3 Å². The molecular weight excluding hydrogens is 200 g/mol. The normalized spacial score (nSPS) is 21.6. The number of hydrogen-bond acceptors (Lipinski definition) is 2. The van der Waals surface area contributed by atoms with E-state index in [4.69, 9.17) is 5.73 Å². The van der Waals surface area contributed by atoms with Gasteiger partial charge in [-0.15, -0.1) is 0 Å². The fraction of sp³-hybridized carbons (Fsp3) is 0.462. The van der Waals surface area contributed by atoms with Gasteiger partial charge in [-0.05, 0) is 25.0 Å². The van der Waals surface area contributed by atoms with Crippen molar-refractivity contribution in [2.75, 3.05) is 13.1 Å². The number of amides is 1. The van der Waals surface area contributed by atoms with Crippen LogP contribution in [-0.4, -0.2) is 29.9 Å². The lowest BCUT2D eigenvalue weighted by molar-refractivity contribution is 0.0755. The Bertz CT molecular complexity index is 350. The van der Waals surface area contributed by atoms with E-state index in [0.717, 1.165) is 31.4 Å². The highest BCUT2D eigenvalue weighted by Gasteiger charge is 2.20. The molecule has 0 spiro atoms. The maximum absolute atomic E-state index is 12.2. The van der Waals surface area contributed by atoms with E-state index >= 15 is 0 Å². The lowest BCUT2D eigenvalue weighted by Crippen LogP contribution is -2.39. The van der Waals surface area contributed by atoms with Crippen molar-refractivity contribution >= 4 is 5.91 Å². The molecule has 0 bridgehead atoms. The van der Waals surface area contributed by atoms with Crippen molar-refractivity contribution in [3.05, 3.63) is 35.9 Å². The molecule has 1 heterocycles. The second kappa shape index (κ2) is 5.12. The number of likely N-dealkylation sites (tertiary alicyclic amines) is 1. The minimum Gasteiger partial charge on any atom is -0.337 e. The Morgan fingerprint density at radius 3 is 2.75 bits per heavy atom. The zero-order valence-corrected chi connectivity index (χ0v) is 9.43. The summed E-state index contributed by atoms with van der Waals surface area (Å²) in [7, 11) is 0. The Kier molecular flexibility index (Phi) is 3.57. The molecule has 0 aromatic heterocycles. The standard InChI is InChI=1S/C13H18N2O/c14-12-8-4-5-9-15(10-12)13(16)11-6-2-1-3-7-11/h1-3,6-7,12H,4-5,8-10,14H2. The number of nitrogens with two attached hydrogens (primary N) is 1. The minimum atomic E-state index is 0.109. The van der Waals surface area contributed by atoms with Crippen LogP contribution in [0.2, 0.25) is 0 Å². The third-order valence-electron chi connectivity index (χ3n) is 3.02. The zero-order valence-electron chi connectivity index (χ0n) is 9.43. The summed E-state index contributed by atoms with van der Waals surface area (Å²) < 4.78 is 0. The average Bonchev–Trinajstić information content (AvgIpc) is 2.54. The highest BCUT2D eigenvalue weighted by atomic mass is 16.2. The van der Waals surface area contributed by atoms with Gasteiger partial charge >= 0.3 is 0 Å². The van der Waals surface area contributed by atoms with Crippen molar-refractivity contribution < 1.29 is 4.79 Å². The molecule has 3 nitrogen and oxygen atoms in total.